The number of thiocarbonyl (C=S) groups is 1. The molecule has 0 bridgehead atoms. The van der Waals surface area contributed by atoms with Crippen LogP contribution in [-0.4, -0.2) is 42.1 Å². The predicted octanol–water partition coefficient (Wildman–Crippen LogP) is 4.90. The van der Waals surface area contributed by atoms with Crippen LogP contribution in [0.25, 0.3) is 0 Å². The average Bonchev–Trinajstić information content (AvgIpc) is 3.02. The first-order chi connectivity index (χ1) is 15.0. The van der Waals surface area contributed by atoms with E-state index in [9.17, 15) is 0 Å². The summed E-state index contributed by atoms with van der Waals surface area (Å²) in [5, 5.41) is 14.8. The van der Waals surface area contributed by atoms with E-state index in [1.54, 1.807) is 11.1 Å². The minimum atomic E-state index is 0.132. The molecule has 1 saturated heterocycles. The zero-order valence-corrected chi connectivity index (χ0v) is 18.1. The van der Waals surface area contributed by atoms with Crippen LogP contribution in [0.3, 0.4) is 0 Å². The van der Waals surface area contributed by atoms with Crippen molar-refractivity contribution >= 4 is 52.3 Å². The largest absolute Gasteiger partial charge is 0.378 e. The lowest BCUT2D eigenvalue weighted by Crippen LogP contribution is -2.31. The quantitative estimate of drug-likeness (QED) is 0.466. The van der Waals surface area contributed by atoms with Crippen LogP contribution in [0.1, 0.15) is 5.56 Å². The van der Waals surface area contributed by atoms with E-state index >= 15 is 0 Å². The van der Waals surface area contributed by atoms with E-state index in [0.717, 1.165) is 22.6 Å². The first kappa shape index (κ1) is 20.4. The molecule has 1 heterocycles. The van der Waals surface area contributed by atoms with Gasteiger partial charge in [0.05, 0.1) is 17.6 Å². The van der Waals surface area contributed by atoms with Crippen molar-refractivity contribution in [3.05, 3.63) is 90.5 Å². The van der Waals surface area contributed by atoms with Crippen molar-refractivity contribution in [3.63, 3.8) is 0 Å². The summed E-state index contributed by atoms with van der Waals surface area (Å²) in [7, 11) is 4.00. The number of aliphatic imine (C=N–C) groups is 1. The molecule has 0 spiro atoms. The van der Waals surface area contributed by atoms with Crippen molar-refractivity contribution in [1.82, 2.24) is 5.01 Å². The average molecular weight is 427 g/mol. The van der Waals surface area contributed by atoms with E-state index in [2.05, 4.69) is 5.10 Å². The van der Waals surface area contributed by atoms with Crippen LogP contribution < -0.4 is 9.80 Å². The predicted molar refractivity (Wildman–Crippen MR) is 133 cm³/mol. The maximum absolute atomic E-state index is 8.75. The van der Waals surface area contributed by atoms with Gasteiger partial charge in [-0.2, -0.15) is 10.1 Å². The van der Waals surface area contributed by atoms with Gasteiger partial charge in [-0.25, -0.2) is 4.99 Å². The van der Waals surface area contributed by atoms with Crippen molar-refractivity contribution in [3.8, 4) is 0 Å². The minimum Gasteiger partial charge on any atom is -0.378 e. The SMILES string of the molecule is CN(C)c1ccc(C=NN2C(=N)N(c3ccccc3)C(=S)C2=Nc2ccccc2)cc1. The number of anilines is 2. The third kappa shape index (κ3) is 4.36. The third-order valence-electron chi connectivity index (χ3n) is 4.74. The molecule has 1 aliphatic rings. The highest BCUT2D eigenvalue weighted by atomic mass is 32.1. The number of nitrogens with one attached hydrogen (secondary N) is 1. The van der Waals surface area contributed by atoms with Gasteiger partial charge < -0.3 is 4.90 Å². The normalized spacial score (nSPS) is 15.4. The van der Waals surface area contributed by atoms with Gasteiger partial charge >= 0.3 is 0 Å². The van der Waals surface area contributed by atoms with Crippen molar-refractivity contribution in [1.29, 1.82) is 5.41 Å². The Hall–Kier alpha value is -3.84. The van der Waals surface area contributed by atoms with E-state index < -0.39 is 0 Å². The maximum Gasteiger partial charge on any atom is 0.231 e. The van der Waals surface area contributed by atoms with Gasteiger partial charge in [0, 0.05) is 19.8 Å². The Morgan fingerprint density at radius 1 is 0.871 bits per heavy atom. The summed E-state index contributed by atoms with van der Waals surface area (Å²) in [5.41, 5.74) is 3.57. The highest BCUT2D eigenvalue weighted by Crippen LogP contribution is 2.25. The number of para-hydroxylation sites is 2. The number of amidine groups is 1. The van der Waals surface area contributed by atoms with Gasteiger partial charge in [-0.3, -0.25) is 10.3 Å². The number of hydrazone groups is 1. The lowest BCUT2D eigenvalue weighted by Gasteiger charge is -2.16. The molecule has 154 valence electrons. The molecule has 0 unspecified atom stereocenters. The van der Waals surface area contributed by atoms with Gasteiger partial charge in [0.25, 0.3) is 0 Å². The van der Waals surface area contributed by atoms with E-state index in [-0.39, 0.29) is 5.96 Å². The Morgan fingerprint density at radius 2 is 1.48 bits per heavy atom. The zero-order chi connectivity index (χ0) is 21.8. The molecule has 1 fully saturated rings. The standard InChI is InChI=1S/C24H22N6S/c1-28(2)20-15-13-18(14-16-20)17-26-30-22(27-19-9-5-3-6-10-19)23(31)29(24(30)25)21-11-7-4-8-12-21/h3-17,25H,1-2H3. The van der Waals surface area contributed by atoms with Crippen molar-refractivity contribution in [2.45, 2.75) is 0 Å². The topological polar surface area (TPSA) is 58.3 Å². The number of nitrogens with zero attached hydrogens (tertiary/aromatic N) is 5. The Bertz CT molecular complexity index is 1140. The third-order valence-corrected chi connectivity index (χ3v) is 5.11. The lowest BCUT2D eigenvalue weighted by molar-refractivity contribution is 0.671. The van der Waals surface area contributed by atoms with Gasteiger partial charge in [-0.05, 0) is 42.0 Å². The first-order valence-corrected chi connectivity index (χ1v) is 10.2. The Balaban J connectivity index is 1.71. The molecule has 0 aromatic heterocycles. The summed E-state index contributed by atoms with van der Waals surface area (Å²) in [4.78, 5) is 8.84. The molecule has 6 nitrogen and oxygen atoms in total. The van der Waals surface area contributed by atoms with Crippen LogP contribution in [-0.2, 0) is 0 Å². The van der Waals surface area contributed by atoms with Crippen molar-refractivity contribution < 1.29 is 0 Å². The second-order valence-electron chi connectivity index (χ2n) is 7.11. The van der Waals surface area contributed by atoms with Gasteiger partial charge in [-0.1, -0.05) is 60.7 Å². The number of hydrogen-bond acceptors (Lipinski definition) is 5. The fourth-order valence-electron chi connectivity index (χ4n) is 3.11. The monoisotopic (exact) mass is 426 g/mol. The molecule has 0 radical (unpaired) electrons. The molecule has 3 aromatic rings. The summed E-state index contributed by atoms with van der Waals surface area (Å²) >= 11 is 5.71. The number of guanidine groups is 1. The minimum absolute atomic E-state index is 0.132. The lowest BCUT2D eigenvalue weighted by atomic mass is 10.2. The molecule has 0 amide bonds. The summed E-state index contributed by atoms with van der Waals surface area (Å²) < 4.78 is 0. The Labute approximate surface area is 187 Å². The molecule has 4 rings (SSSR count). The maximum atomic E-state index is 8.75. The van der Waals surface area contributed by atoms with Crippen molar-refractivity contribution in [2.75, 3.05) is 23.9 Å². The molecule has 31 heavy (non-hydrogen) atoms. The first-order valence-electron chi connectivity index (χ1n) is 9.78. The highest BCUT2D eigenvalue weighted by Gasteiger charge is 2.38. The second kappa shape index (κ2) is 8.89. The molecule has 0 saturated carbocycles. The molecule has 0 atom stereocenters. The van der Waals surface area contributed by atoms with E-state index in [0.29, 0.717) is 10.8 Å². The number of rotatable bonds is 5. The van der Waals surface area contributed by atoms with Gasteiger partial charge in [0.2, 0.25) is 5.96 Å². The van der Waals surface area contributed by atoms with Crippen LogP contribution in [0.4, 0.5) is 17.1 Å². The fourth-order valence-corrected chi connectivity index (χ4v) is 3.43. The van der Waals surface area contributed by atoms with Crippen LogP contribution in [0.2, 0.25) is 0 Å². The van der Waals surface area contributed by atoms with Crippen molar-refractivity contribution in [2.24, 2.45) is 10.1 Å². The van der Waals surface area contributed by atoms with E-state index in [1.165, 1.54) is 5.01 Å². The van der Waals surface area contributed by atoms with Crippen LogP contribution >= 0.6 is 12.2 Å². The Morgan fingerprint density at radius 3 is 2.10 bits per heavy atom. The van der Waals surface area contributed by atoms with Crippen LogP contribution in [0.5, 0.6) is 0 Å². The number of hydrogen-bond donors (Lipinski definition) is 1. The van der Waals surface area contributed by atoms with Crippen LogP contribution in [0, 0.1) is 5.41 Å². The summed E-state index contributed by atoms with van der Waals surface area (Å²) in [6.45, 7) is 0. The molecular formula is C24H22N6S. The molecule has 1 N–H and O–H groups in total. The van der Waals surface area contributed by atoms with Gasteiger partial charge in [0.15, 0.2) is 10.8 Å². The van der Waals surface area contributed by atoms with E-state index in [1.807, 2.05) is 104 Å². The molecule has 3 aromatic carbocycles. The molecular weight excluding hydrogens is 404 g/mol. The van der Waals surface area contributed by atoms with Gasteiger partial charge in [0.1, 0.15) is 0 Å². The summed E-state index contributed by atoms with van der Waals surface area (Å²) in [5.74, 6) is 0.572. The van der Waals surface area contributed by atoms with Gasteiger partial charge in [-0.15, -0.1) is 0 Å². The number of benzene rings is 3. The highest BCUT2D eigenvalue weighted by molar-refractivity contribution is 7.82. The summed E-state index contributed by atoms with van der Waals surface area (Å²) in [6, 6.07) is 27.2. The summed E-state index contributed by atoms with van der Waals surface area (Å²) in [6.07, 6.45) is 1.71. The van der Waals surface area contributed by atoms with Crippen LogP contribution in [0.15, 0.2) is 95.0 Å². The molecule has 7 heteroatoms. The second-order valence-corrected chi connectivity index (χ2v) is 7.50. The zero-order valence-electron chi connectivity index (χ0n) is 17.3. The molecule has 1 aliphatic heterocycles. The Kier molecular flexibility index (Phi) is 5.86. The smallest absolute Gasteiger partial charge is 0.231 e. The van der Waals surface area contributed by atoms with E-state index in [4.69, 9.17) is 22.6 Å². The fraction of sp³-hybridized carbons (Fsp3) is 0.0833. The molecule has 0 aliphatic carbocycles.